The monoisotopic (exact) mass is 367 g/mol. The molecule has 1 aliphatic carbocycles. The zero-order chi connectivity index (χ0) is 18.6. The van der Waals surface area contributed by atoms with Crippen molar-refractivity contribution in [3.63, 3.8) is 0 Å². The lowest BCUT2D eigenvalue weighted by atomic mass is 9.96. The molecule has 27 heavy (non-hydrogen) atoms. The Kier molecular flexibility index (Phi) is 5.18. The second kappa shape index (κ2) is 7.90. The molecule has 1 saturated heterocycles. The van der Waals surface area contributed by atoms with Gasteiger partial charge in [0.05, 0.1) is 11.6 Å². The number of rotatable bonds is 4. The summed E-state index contributed by atoms with van der Waals surface area (Å²) in [6, 6.07) is 7.63. The quantitative estimate of drug-likeness (QED) is 0.868. The maximum atomic E-state index is 12.9. The number of H-pyrrole nitrogens is 1. The van der Waals surface area contributed by atoms with Crippen molar-refractivity contribution in [2.45, 2.75) is 44.6 Å². The predicted molar refractivity (Wildman–Crippen MR) is 101 cm³/mol. The van der Waals surface area contributed by atoms with E-state index in [2.05, 4.69) is 20.5 Å². The Bertz CT molecular complexity index is 798. The highest BCUT2D eigenvalue weighted by Crippen LogP contribution is 2.22. The van der Waals surface area contributed by atoms with E-state index in [1.54, 1.807) is 17.2 Å². The van der Waals surface area contributed by atoms with Gasteiger partial charge in [-0.25, -0.2) is 0 Å². The summed E-state index contributed by atoms with van der Waals surface area (Å²) in [6.07, 6.45) is 7.92. The molecule has 0 spiro atoms. The molecule has 3 heterocycles. The zero-order valence-electron chi connectivity index (χ0n) is 15.4. The fraction of sp³-hybridized carbons (Fsp3) is 0.500. The summed E-state index contributed by atoms with van der Waals surface area (Å²) in [5, 5.41) is 10.2. The number of likely N-dealkylation sites (tertiary alicyclic amines) is 1. The number of piperidine rings is 1. The largest absolute Gasteiger partial charge is 0.353 e. The van der Waals surface area contributed by atoms with Crippen LogP contribution in [-0.2, 0) is 4.79 Å². The minimum Gasteiger partial charge on any atom is -0.353 e. The lowest BCUT2D eigenvalue weighted by molar-refractivity contribution is -0.127. The SMILES string of the molecule is O=C(NC1CCCC1)[C@H]1CCCN(C(=O)c2cc(-c3ccccn3)n[nH]2)C1. The van der Waals surface area contributed by atoms with Crippen LogP contribution < -0.4 is 5.32 Å². The normalized spacial score (nSPS) is 20.6. The van der Waals surface area contributed by atoms with E-state index in [1.807, 2.05) is 18.2 Å². The van der Waals surface area contributed by atoms with Crippen molar-refractivity contribution >= 4 is 11.8 Å². The van der Waals surface area contributed by atoms with E-state index in [4.69, 9.17) is 0 Å². The van der Waals surface area contributed by atoms with Gasteiger partial charge in [-0.3, -0.25) is 19.7 Å². The number of hydrogen-bond acceptors (Lipinski definition) is 4. The van der Waals surface area contributed by atoms with Gasteiger partial charge in [0.1, 0.15) is 11.4 Å². The highest BCUT2D eigenvalue weighted by molar-refractivity contribution is 5.93. The first-order chi connectivity index (χ1) is 13.2. The molecule has 2 fully saturated rings. The average molecular weight is 367 g/mol. The van der Waals surface area contributed by atoms with Crippen molar-refractivity contribution < 1.29 is 9.59 Å². The number of nitrogens with one attached hydrogen (secondary N) is 2. The highest BCUT2D eigenvalue weighted by Gasteiger charge is 2.31. The van der Waals surface area contributed by atoms with Crippen LogP contribution in [0.25, 0.3) is 11.4 Å². The van der Waals surface area contributed by atoms with E-state index < -0.39 is 0 Å². The Balaban J connectivity index is 1.40. The molecule has 0 unspecified atom stereocenters. The lowest BCUT2D eigenvalue weighted by Crippen LogP contribution is -2.47. The predicted octanol–water partition coefficient (Wildman–Crippen LogP) is 2.38. The maximum Gasteiger partial charge on any atom is 0.271 e. The van der Waals surface area contributed by atoms with Crippen LogP contribution in [0.2, 0.25) is 0 Å². The second-order valence-corrected chi connectivity index (χ2v) is 7.46. The molecule has 7 heteroatoms. The van der Waals surface area contributed by atoms with Gasteiger partial charge in [-0.15, -0.1) is 0 Å². The minimum absolute atomic E-state index is 0.0955. The molecule has 4 rings (SSSR count). The van der Waals surface area contributed by atoms with Gasteiger partial charge in [0, 0.05) is 25.3 Å². The summed E-state index contributed by atoms with van der Waals surface area (Å²) in [5.74, 6) is -0.136. The third-order valence-electron chi connectivity index (χ3n) is 5.52. The Hall–Kier alpha value is -2.70. The van der Waals surface area contributed by atoms with Crippen LogP contribution in [0.3, 0.4) is 0 Å². The molecule has 7 nitrogen and oxygen atoms in total. The molecule has 2 aliphatic rings. The average Bonchev–Trinajstić information content (AvgIpc) is 3.40. The number of amides is 2. The van der Waals surface area contributed by atoms with Crippen LogP contribution in [0.1, 0.15) is 49.0 Å². The summed E-state index contributed by atoms with van der Waals surface area (Å²) >= 11 is 0. The fourth-order valence-corrected chi connectivity index (χ4v) is 4.01. The number of nitrogens with zero attached hydrogens (tertiary/aromatic N) is 3. The summed E-state index contributed by atoms with van der Waals surface area (Å²) in [5.41, 5.74) is 1.80. The number of pyridine rings is 1. The van der Waals surface area contributed by atoms with Gasteiger partial charge in [-0.05, 0) is 43.9 Å². The number of carbonyl (C=O) groups excluding carboxylic acids is 2. The van der Waals surface area contributed by atoms with Crippen molar-refractivity contribution in [3.8, 4) is 11.4 Å². The van der Waals surface area contributed by atoms with Crippen molar-refractivity contribution in [2.24, 2.45) is 5.92 Å². The van der Waals surface area contributed by atoms with Gasteiger partial charge in [0.15, 0.2) is 0 Å². The van der Waals surface area contributed by atoms with Crippen LogP contribution in [0.15, 0.2) is 30.5 Å². The maximum absolute atomic E-state index is 12.9. The summed E-state index contributed by atoms with van der Waals surface area (Å²) < 4.78 is 0. The number of aromatic nitrogens is 3. The van der Waals surface area contributed by atoms with E-state index in [-0.39, 0.29) is 17.7 Å². The highest BCUT2D eigenvalue weighted by atomic mass is 16.2. The molecule has 0 aromatic carbocycles. The second-order valence-electron chi connectivity index (χ2n) is 7.46. The van der Waals surface area contributed by atoms with Crippen molar-refractivity contribution in [2.75, 3.05) is 13.1 Å². The summed E-state index contributed by atoms with van der Waals surface area (Å²) in [7, 11) is 0. The third kappa shape index (κ3) is 4.02. The first kappa shape index (κ1) is 17.7. The van der Waals surface area contributed by atoms with Crippen LogP contribution in [-0.4, -0.2) is 51.0 Å². The van der Waals surface area contributed by atoms with Gasteiger partial charge < -0.3 is 10.2 Å². The van der Waals surface area contributed by atoms with Crippen LogP contribution >= 0.6 is 0 Å². The summed E-state index contributed by atoms with van der Waals surface area (Å²) in [6.45, 7) is 1.14. The van der Waals surface area contributed by atoms with Crippen LogP contribution in [0, 0.1) is 5.92 Å². The van der Waals surface area contributed by atoms with Gasteiger partial charge in [-0.2, -0.15) is 5.10 Å². The standard InChI is InChI=1S/C20H25N5O2/c26-19(22-15-7-1-2-8-15)14-6-5-11-25(13-14)20(27)18-12-17(23-24-18)16-9-3-4-10-21-16/h3-4,9-10,12,14-15H,1-2,5-8,11,13H2,(H,22,26)(H,23,24)/t14-/m0/s1. The van der Waals surface area contributed by atoms with E-state index in [0.29, 0.717) is 30.5 Å². The van der Waals surface area contributed by atoms with E-state index in [1.165, 1.54) is 12.8 Å². The summed E-state index contributed by atoms with van der Waals surface area (Å²) in [4.78, 5) is 31.4. The van der Waals surface area contributed by atoms with Gasteiger partial charge >= 0.3 is 0 Å². The van der Waals surface area contributed by atoms with Crippen LogP contribution in [0.5, 0.6) is 0 Å². The van der Waals surface area contributed by atoms with Crippen LogP contribution in [0.4, 0.5) is 0 Å². The number of aromatic amines is 1. The van der Waals surface area contributed by atoms with E-state index in [9.17, 15) is 9.59 Å². The molecule has 2 N–H and O–H groups in total. The smallest absolute Gasteiger partial charge is 0.271 e. The first-order valence-electron chi connectivity index (χ1n) is 9.77. The first-order valence-corrected chi connectivity index (χ1v) is 9.77. The van der Waals surface area contributed by atoms with E-state index in [0.717, 1.165) is 31.4 Å². The molecule has 2 aromatic rings. The molecular weight excluding hydrogens is 342 g/mol. The molecule has 1 aliphatic heterocycles. The molecule has 1 saturated carbocycles. The molecule has 2 aromatic heterocycles. The minimum atomic E-state index is -0.124. The molecule has 142 valence electrons. The molecule has 1 atom stereocenters. The third-order valence-corrected chi connectivity index (χ3v) is 5.52. The Morgan fingerprint density at radius 3 is 2.74 bits per heavy atom. The Morgan fingerprint density at radius 2 is 1.96 bits per heavy atom. The number of hydrogen-bond donors (Lipinski definition) is 2. The Morgan fingerprint density at radius 1 is 1.11 bits per heavy atom. The Labute approximate surface area is 158 Å². The topological polar surface area (TPSA) is 91.0 Å². The van der Waals surface area contributed by atoms with Gasteiger partial charge in [-0.1, -0.05) is 18.9 Å². The van der Waals surface area contributed by atoms with Crippen molar-refractivity contribution in [1.29, 1.82) is 0 Å². The van der Waals surface area contributed by atoms with Gasteiger partial charge in [0.25, 0.3) is 5.91 Å². The van der Waals surface area contributed by atoms with E-state index >= 15 is 0 Å². The molecule has 2 amide bonds. The molecular formula is C20H25N5O2. The molecule has 0 radical (unpaired) electrons. The van der Waals surface area contributed by atoms with Crippen molar-refractivity contribution in [1.82, 2.24) is 25.4 Å². The molecule has 0 bridgehead atoms. The number of carbonyl (C=O) groups is 2. The lowest BCUT2D eigenvalue weighted by Gasteiger charge is -2.32. The van der Waals surface area contributed by atoms with Crippen molar-refractivity contribution in [3.05, 3.63) is 36.2 Å². The zero-order valence-corrected chi connectivity index (χ0v) is 15.4. The fourth-order valence-electron chi connectivity index (χ4n) is 4.01. The van der Waals surface area contributed by atoms with Gasteiger partial charge in [0.2, 0.25) is 5.91 Å².